The number of benzene rings is 2. The zero-order valence-corrected chi connectivity index (χ0v) is 20.0. The minimum absolute atomic E-state index is 0.118. The average Bonchev–Trinajstić information content (AvgIpc) is 3.34. The summed E-state index contributed by atoms with van der Waals surface area (Å²) in [6.45, 7) is 2.71. The first-order valence-corrected chi connectivity index (χ1v) is 11.8. The summed E-state index contributed by atoms with van der Waals surface area (Å²) < 4.78 is 74.5. The smallest absolute Gasteiger partial charge is 0.288 e. The van der Waals surface area contributed by atoms with Gasteiger partial charge in [0, 0.05) is 44.2 Å². The predicted molar refractivity (Wildman–Crippen MR) is 124 cm³/mol. The Morgan fingerprint density at radius 3 is 2.54 bits per heavy atom. The van der Waals surface area contributed by atoms with Gasteiger partial charge in [-0.1, -0.05) is 18.2 Å². The maximum Gasteiger partial charge on any atom is 0.288 e. The Balaban J connectivity index is 1.36. The van der Waals surface area contributed by atoms with Crippen molar-refractivity contribution in [2.75, 3.05) is 13.2 Å². The lowest BCUT2D eigenvalue weighted by molar-refractivity contribution is -0.0310. The molecule has 3 N–H and O–H groups in total. The van der Waals surface area contributed by atoms with Gasteiger partial charge in [0.15, 0.2) is 6.61 Å². The number of rotatable bonds is 9. The summed E-state index contributed by atoms with van der Waals surface area (Å²) in [7, 11) is 0. The van der Waals surface area contributed by atoms with E-state index in [4.69, 9.17) is 10.5 Å². The minimum atomic E-state index is -3.45. The Hall–Kier alpha value is -2.23. The molecule has 2 aliphatic rings. The minimum Gasteiger partial charge on any atom is -0.487 e. The molecule has 2 aromatic rings. The van der Waals surface area contributed by atoms with E-state index in [1.54, 1.807) is 0 Å². The van der Waals surface area contributed by atoms with Crippen LogP contribution in [0.1, 0.15) is 55.4 Å². The van der Waals surface area contributed by atoms with Crippen LogP contribution in [0.3, 0.4) is 0 Å². The second-order valence-corrected chi connectivity index (χ2v) is 10.4. The number of hydrogen-bond acceptors (Lipinski definition) is 4. The van der Waals surface area contributed by atoms with Gasteiger partial charge >= 0.3 is 0 Å². The maximum absolute atomic E-state index is 14.9. The first-order chi connectivity index (χ1) is 16.3. The molecule has 0 saturated heterocycles. The van der Waals surface area contributed by atoms with E-state index in [1.807, 2.05) is 18.2 Å². The molecule has 1 aliphatic heterocycles. The van der Waals surface area contributed by atoms with Crippen LogP contribution in [0, 0.1) is 5.82 Å². The fraction of sp³-hybridized carbons (Fsp3) is 0.538. The zero-order valence-electron chi connectivity index (χ0n) is 20.0. The molecule has 0 amide bonds. The molecule has 9 heteroatoms. The number of ether oxygens (including phenoxy) is 1. The van der Waals surface area contributed by atoms with E-state index in [9.17, 15) is 22.0 Å². The van der Waals surface area contributed by atoms with Gasteiger partial charge in [-0.05, 0) is 55.0 Å². The van der Waals surface area contributed by atoms with E-state index in [2.05, 4.69) is 17.1 Å². The number of nitrogens with one attached hydrogen (secondary N) is 1. The Bertz CT molecular complexity index is 1050. The molecule has 0 bridgehead atoms. The van der Waals surface area contributed by atoms with Crippen molar-refractivity contribution in [1.82, 2.24) is 10.2 Å². The van der Waals surface area contributed by atoms with Crippen LogP contribution in [0.5, 0.6) is 5.75 Å². The van der Waals surface area contributed by atoms with Gasteiger partial charge in [-0.2, -0.15) is 8.78 Å². The quantitative estimate of drug-likeness (QED) is 0.460. The lowest BCUT2D eigenvalue weighted by atomic mass is 10.0. The van der Waals surface area contributed by atoms with E-state index in [-0.39, 0.29) is 12.1 Å². The van der Waals surface area contributed by atoms with Crippen LogP contribution in [0.25, 0.3) is 0 Å². The third-order valence-electron chi connectivity index (χ3n) is 6.78. The first kappa shape index (κ1) is 25.9. The molecule has 4 nitrogen and oxygen atoms in total. The number of nitrogens with two attached hydrogens (primary N) is 1. The molecular weight excluding hydrogens is 465 g/mol. The van der Waals surface area contributed by atoms with Crippen LogP contribution < -0.4 is 15.8 Å². The van der Waals surface area contributed by atoms with Crippen molar-refractivity contribution in [3.8, 4) is 5.75 Å². The largest absolute Gasteiger partial charge is 0.487 e. The van der Waals surface area contributed by atoms with Gasteiger partial charge in [-0.3, -0.25) is 4.90 Å². The molecular formula is C26H32F5N3O. The standard InChI is InChI=1S/C26H32F5N3O/c1-24(32)8-7-21(11-24)34-13-18-4-3-17(9-19(18)14-34)12-33-15-26(30,31)22-6-5-20(27)10-23(22)35-16-25(2,28)29/h3-6,9-10,21,33H,7-8,11-16,32H2,1-2H3. The Morgan fingerprint density at radius 2 is 1.86 bits per heavy atom. The van der Waals surface area contributed by atoms with Crippen LogP contribution in [0.2, 0.25) is 0 Å². The summed E-state index contributed by atoms with van der Waals surface area (Å²) in [6.07, 6.45) is 3.06. The van der Waals surface area contributed by atoms with Crippen LogP contribution in [0.15, 0.2) is 36.4 Å². The molecule has 0 aromatic heterocycles. The number of hydrogen-bond donors (Lipinski definition) is 2. The van der Waals surface area contributed by atoms with Gasteiger partial charge in [0.05, 0.1) is 12.1 Å². The summed E-state index contributed by atoms with van der Waals surface area (Å²) in [5.41, 5.74) is 8.84. The Kier molecular flexibility index (Phi) is 7.14. The molecule has 1 fully saturated rings. The monoisotopic (exact) mass is 497 g/mol. The van der Waals surface area contributed by atoms with Crippen LogP contribution in [-0.4, -0.2) is 35.6 Å². The van der Waals surface area contributed by atoms with Gasteiger partial charge in [0.1, 0.15) is 11.6 Å². The summed E-state index contributed by atoms with van der Waals surface area (Å²) >= 11 is 0. The molecule has 1 heterocycles. The van der Waals surface area contributed by atoms with E-state index in [1.165, 1.54) is 11.1 Å². The fourth-order valence-corrected chi connectivity index (χ4v) is 4.97. The molecule has 35 heavy (non-hydrogen) atoms. The van der Waals surface area contributed by atoms with Gasteiger partial charge in [0.25, 0.3) is 11.8 Å². The van der Waals surface area contributed by atoms with E-state index < -0.39 is 42.1 Å². The number of fused-ring (bicyclic) bond motifs is 1. The van der Waals surface area contributed by atoms with Crippen LogP contribution >= 0.6 is 0 Å². The predicted octanol–water partition coefficient (Wildman–Crippen LogP) is 5.33. The second-order valence-electron chi connectivity index (χ2n) is 10.4. The Labute approximate surface area is 202 Å². The van der Waals surface area contributed by atoms with Crippen molar-refractivity contribution in [2.45, 2.75) is 76.2 Å². The van der Waals surface area contributed by atoms with Crippen LogP contribution in [-0.2, 0) is 25.6 Å². The van der Waals surface area contributed by atoms with Gasteiger partial charge < -0.3 is 15.8 Å². The highest BCUT2D eigenvalue weighted by molar-refractivity contribution is 5.38. The van der Waals surface area contributed by atoms with E-state index >= 15 is 0 Å². The molecule has 0 spiro atoms. The zero-order chi connectivity index (χ0) is 25.4. The van der Waals surface area contributed by atoms with E-state index in [0.29, 0.717) is 19.0 Å². The lowest BCUT2D eigenvalue weighted by Gasteiger charge is -2.25. The van der Waals surface area contributed by atoms with Crippen molar-refractivity contribution in [2.24, 2.45) is 5.73 Å². The van der Waals surface area contributed by atoms with Crippen LogP contribution in [0.4, 0.5) is 22.0 Å². The fourth-order valence-electron chi connectivity index (χ4n) is 4.97. The van der Waals surface area contributed by atoms with Crippen molar-refractivity contribution in [3.63, 3.8) is 0 Å². The normalized spacial score (nSPS) is 23.0. The van der Waals surface area contributed by atoms with Gasteiger partial charge in [-0.15, -0.1) is 0 Å². The number of halogens is 5. The van der Waals surface area contributed by atoms with Crippen molar-refractivity contribution < 1.29 is 26.7 Å². The highest BCUT2D eigenvalue weighted by atomic mass is 19.3. The molecule has 2 unspecified atom stereocenters. The summed E-state index contributed by atoms with van der Waals surface area (Å²) in [5.74, 6) is -8.11. The topological polar surface area (TPSA) is 50.5 Å². The number of alkyl halides is 4. The molecule has 0 radical (unpaired) electrons. The molecule has 4 rings (SSSR count). The average molecular weight is 498 g/mol. The third-order valence-corrected chi connectivity index (χ3v) is 6.78. The second kappa shape index (κ2) is 9.67. The molecule has 1 saturated carbocycles. The Morgan fingerprint density at radius 1 is 1.11 bits per heavy atom. The van der Waals surface area contributed by atoms with Gasteiger partial charge in [-0.25, -0.2) is 13.2 Å². The lowest BCUT2D eigenvalue weighted by Crippen LogP contribution is -2.36. The molecule has 2 atom stereocenters. The molecule has 1 aliphatic carbocycles. The summed E-state index contributed by atoms with van der Waals surface area (Å²) in [5, 5.41) is 2.75. The van der Waals surface area contributed by atoms with Crippen molar-refractivity contribution in [1.29, 1.82) is 0 Å². The number of nitrogens with zero attached hydrogens (tertiary/aromatic N) is 1. The highest BCUT2D eigenvalue weighted by Crippen LogP contribution is 2.37. The molecule has 192 valence electrons. The van der Waals surface area contributed by atoms with Crippen molar-refractivity contribution >= 4 is 0 Å². The summed E-state index contributed by atoms with van der Waals surface area (Å²) in [4.78, 5) is 2.43. The maximum atomic E-state index is 14.9. The first-order valence-electron chi connectivity index (χ1n) is 11.8. The summed E-state index contributed by atoms with van der Waals surface area (Å²) in [6, 6.07) is 8.90. The highest BCUT2D eigenvalue weighted by Gasteiger charge is 2.37. The van der Waals surface area contributed by atoms with Gasteiger partial charge in [0.2, 0.25) is 0 Å². The SMILES string of the molecule is CC(F)(F)COc1cc(F)ccc1C(F)(F)CNCc1ccc2c(c1)CN(C1CCC(C)(N)C1)C2. The van der Waals surface area contributed by atoms with Crippen molar-refractivity contribution in [3.05, 3.63) is 64.5 Å². The third kappa shape index (κ3) is 6.51. The molecule has 2 aromatic carbocycles. The van der Waals surface area contributed by atoms with E-state index in [0.717, 1.165) is 50.0 Å².